The zero-order chi connectivity index (χ0) is 32.5. The van der Waals surface area contributed by atoms with Gasteiger partial charge in [-0.05, 0) is 99.0 Å². The van der Waals surface area contributed by atoms with Crippen molar-refractivity contribution in [3.8, 4) is 33.4 Å². The molecule has 1 unspecified atom stereocenters. The average molecular weight is 616 g/mol. The second kappa shape index (κ2) is 10.7. The molecule has 230 valence electrons. The molecule has 1 atom stereocenters. The van der Waals surface area contributed by atoms with Crippen molar-refractivity contribution in [2.75, 3.05) is 4.90 Å². The van der Waals surface area contributed by atoms with Crippen molar-refractivity contribution in [3.05, 3.63) is 198 Å². The van der Waals surface area contributed by atoms with E-state index in [0.29, 0.717) is 0 Å². The molecule has 0 aliphatic heterocycles. The third-order valence-electron chi connectivity index (χ3n) is 11.0. The highest BCUT2D eigenvalue weighted by Gasteiger charge is 2.41. The zero-order valence-corrected chi connectivity index (χ0v) is 27.6. The summed E-state index contributed by atoms with van der Waals surface area (Å²) < 4.78 is 0. The Balaban J connectivity index is 1.23. The lowest BCUT2D eigenvalue weighted by molar-refractivity contribution is 0.660. The standard InChI is InChI=1S/C47H37N/c1-46(2)41-23-13-10-21-37(41)39-29-27-35(31-43(39)46)48(34-18-8-5-9-19-34)45-25-15-12-20-36(45)32-26-28-40-38-22-11-14-24-42(38)47(3,44(40)30-32)33-16-6-4-7-17-33/h4-31H,1-3H3. The number of hydrogen-bond acceptors (Lipinski definition) is 1. The Morgan fingerprint density at radius 3 is 1.67 bits per heavy atom. The first-order valence-corrected chi connectivity index (χ1v) is 17.0. The molecule has 0 saturated carbocycles. The number of para-hydroxylation sites is 2. The van der Waals surface area contributed by atoms with E-state index >= 15 is 0 Å². The summed E-state index contributed by atoms with van der Waals surface area (Å²) in [6.45, 7) is 7.10. The van der Waals surface area contributed by atoms with Crippen LogP contribution in [0.3, 0.4) is 0 Å². The van der Waals surface area contributed by atoms with Crippen LogP contribution in [0.15, 0.2) is 170 Å². The van der Waals surface area contributed by atoms with Crippen LogP contribution in [0.1, 0.15) is 48.6 Å². The quantitative estimate of drug-likeness (QED) is 0.186. The Bertz CT molecular complexity index is 2330. The number of nitrogens with zero attached hydrogens (tertiary/aromatic N) is 1. The molecule has 2 aliphatic rings. The predicted molar refractivity (Wildman–Crippen MR) is 202 cm³/mol. The maximum absolute atomic E-state index is 2.45. The largest absolute Gasteiger partial charge is 0.310 e. The normalized spacial score (nSPS) is 16.5. The van der Waals surface area contributed by atoms with Gasteiger partial charge in [0.25, 0.3) is 0 Å². The summed E-state index contributed by atoms with van der Waals surface area (Å²) in [5.74, 6) is 0. The lowest BCUT2D eigenvalue weighted by atomic mass is 9.74. The fourth-order valence-corrected chi connectivity index (χ4v) is 8.49. The van der Waals surface area contributed by atoms with Gasteiger partial charge in [0.05, 0.1) is 5.69 Å². The molecule has 0 fully saturated rings. The van der Waals surface area contributed by atoms with E-state index in [2.05, 4.69) is 196 Å². The van der Waals surface area contributed by atoms with Crippen molar-refractivity contribution in [1.82, 2.24) is 0 Å². The maximum atomic E-state index is 2.45. The molecule has 0 saturated heterocycles. The minimum Gasteiger partial charge on any atom is -0.310 e. The smallest absolute Gasteiger partial charge is 0.0540 e. The average Bonchev–Trinajstić information content (AvgIpc) is 3.54. The Hall–Kier alpha value is -5.66. The molecule has 2 aliphatic carbocycles. The van der Waals surface area contributed by atoms with Crippen LogP contribution in [-0.4, -0.2) is 0 Å². The first kappa shape index (κ1) is 28.6. The molecule has 7 aromatic carbocycles. The third kappa shape index (κ3) is 4.10. The minimum atomic E-state index is -0.252. The van der Waals surface area contributed by atoms with Gasteiger partial charge in [-0.25, -0.2) is 0 Å². The van der Waals surface area contributed by atoms with Gasteiger partial charge in [-0.15, -0.1) is 0 Å². The molecule has 0 heterocycles. The molecule has 0 N–H and O–H groups in total. The van der Waals surface area contributed by atoms with Crippen LogP contribution in [0.2, 0.25) is 0 Å². The van der Waals surface area contributed by atoms with Crippen LogP contribution in [0.4, 0.5) is 17.1 Å². The summed E-state index contributed by atoms with van der Waals surface area (Å²) in [5, 5.41) is 0. The number of hydrogen-bond donors (Lipinski definition) is 0. The van der Waals surface area contributed by atoms with E-state index in [1.165, 1.54) is 61.2 Å². The number of benzene rings is 7. The summed E-state index contributed by atoms with van der Waals surface area (Å²) >= 11 is 0. The Morgan fingerprint density at radius 1 is 0.375 bits per heavy atom. The Morgan fingerprint density at radius 2 is 0.917 bits per heavy atom. The zero-order valence-electron chi connectivity index (χ0n) is 27.6. The van der Waals surface area contributed by atoms with Crippen molar-refractivity contribution in [2.24, 2.45) is 0 Å². The van der Waals surface area contributed by atoms with E-state index in [1.54, 1.807) is 0 Å². The first-order chi connectivity index (χ1) is 23.5. The van der Waals surface area contributed by atoms with Gasteiger partial charge in [-0.3, -0.25) is 0 Å². The molecule has 1 nitrogen and oxygen atoms in total. The van der Waals surface area contributed by atoms with Gasteiger partial charge in [-0.1, -0.05) is 147 Å². The van der Waals surface area contributed by atoms with Gasteiger partial charge < -0.3 is 4.90 Å². The molecule has 0 amide bonds. The molecular weight excluding hydrogens is 579 g/mol. The summed E-state index contributed by atoms with van der Waals surface area (Å²) in [7, 11) is 0. The van der Waals surface area contributed by atoms with Crippen molar-refractivity contribution in [1.29, 1.82) is 0 Å². The van der Waals surface area contributed by atoms with Gasteiger partial charge in [0.15, 0.2) is 0 Å². The van der Waals surface area contributed by atoms with Crippen LogP contribution in [0.25, 0.3) is 33.4 Å². The molecular formula is C47H37N. The van der Waals surface area contributed by atoms with Crippen LogP contribution in [0, 0.1) is 0 Å². The summed E-state index contributed by atoms with van der Waals surface area (Å²) in [5.41, 5.74) is 17.7. The number of rotatable bonds is 5. The molecule has 0 spiro atoms. The van der Waals surface area contributed by atoms with Gasteiger partial charge in [0.2, 0.25) is 0 Å². The van der Waals surface area contributed by atoms with Crippen molar-refractivity contribution in [3.63, 3.8) is 0 Å². The first-order valence-electron chi connectivity index (χ1n) is 17.0. The van der Waals surface area contributed by atoms with E-state index in [9.17, 15) is 0 Å². The molecule has 0 aromatic heterocycles. The van der Waals surface area contributed by atoms with E-state index in [-0.39, 0.29) is 10.8 Å². The van der Waals surface area contributed by atoms with E-state index in [4.69, 9.17) is 0 Å². The monoisotopic (exact) mass is 615 g/mol. The predicted octanol–water partition coefficient (Wildman–Crippen LogP) is 12.5. The summed E-state index contributed by atoms with van der Waals surface area (Å²) in [6, 6.07) is 62.6. The molecule has 0 bridgehead atoms. The van der Waals surface area contributed by atoms with Gasteiger partial charge in [-0.2, -0.15) is 0 Å². The fraction of sp³-hybridized carbons (Fsp3) is 0.106. The summed E-state index contributed by atoms with van der Waals surface area (Å²) in [4.78, 5) is 2.44. The lowest BCUT2D eigenvalue weighted by Gasteiger charge is -2.30. The van der Waals surface area contributed by atoms with Crippen molar-refractivity contribution in [2.45, 2.75) is 31.6 Å². The van der Waals surface area contributed by atoms with E-state index < -0.39 is 0 Å². The molecule has 1 heteroatoms. The molecule has 48 heavy (non-hydrogen) atoms. The van der Waals surface area contributed by atoms with Gasteiger partial charge in [0, 0.05) is 27.8 Å². The third-order valence-corrected chi connectivity index (χ3v) is 11.0. The molecule has 9 rings (SSSR count). The SMILES string of the molecule is CC1(C)c2ccccc2-c2ccc(N(c3ccccc3)c3ccccc3-c3ccc4c(c3)C(C)(c3ccccc3)c3ccccc3-4)cc21. The topological polar surface area (TPSA) is 3.24 Å². The second-order valence-corrected chi connectivity index (χ2v) is 13.9. The van der Waals surface area contributed by atoms with Crippen LogP contribution >= 0.6 is 0 Å². The van der Waals surface area contributed by atoms with Gasteiger partial charge >= 0.3 is 0 Å². The highest BCUT2D eigenvalue weighted by atomic mass is 15.1. The maximum Gasteiger partial charge on any atom is 0.0540 e. The highest BCUT2D eigenvalue weighted by molar-refractivity contribution is 5.92. The fourth-order valence-electron chi connectivity index (χ4n) is 8.49. The second-order valence-electron chi connectivity index (χ2n) is 13.9. The summed E-state index contributed by atoms with van der Waals surface area (Å²) in [6.07, 6.45) is 0. The minimum absolute atomic E-state index is 0.0826. The number of fused-ring (bicyclic) bond motifs is 6. The highest BCUT2D eigenvalue weighted by Crippen LogP contribution is 2.54. The molecule has 7 aromatic rings. The van der Waals surface area contributed by atoms with Crippen molar-refractivity contribution < 1.29 is 0 Å². The lowest BCUT2D eigenvalue weighted by Crippen LogP contribution is -2.22. The van der Waals surface area contributed by atoms with Gasteiger partial charge in [0.1, 0.15) is 0 Å². The van der Waals surface area contributed by atoms with Crippen LogP contribution in [-0.2, 0) is 10.8 Å². The number of anilines is 3. The molecule has 0 radical (unpaired) electrons. The van der Waals surface area contributed by atoms with Crippen molar-refractivity contribution >= 4 is 17.1 Å². The van der Waals surface area contributed by atoms with Crippen LogP contribution in [0.5, 0.6) is 0 Å². The Kier molecular flexibility index (Phi) is 6.36. The Labute approximate surface area is 283 Å². The van der Waals surface area contributed by atoms with E-state index in [1.807, 2.05) is 0 Å². The van der Waals surface area contributed by atoms with E-state index in [0.717, 1.165) is 17.1 Å². The van der Waals surface area contributed by atoms with Crippen LogP contribution < -0.4 is 4.90 Å².